The van der Waals surface area contributed by atoms with Gasteiger partial charge in [-0.05, 0) is 6.42 Å². The first-order valence-corrected chi connectivity index (χ1v) is 11.2. The molecule has 0 saturated heterocycles. The Bertz CT molecular complexity index is 380. The van der Waals surface area contributed by atoms with Crippen molar-refractivity contribution in [1.29, 1.82) is 0 Å². The van der Waals surface area contributed by atoms with Gasteiger partial charge in [0.2, 0.25) is 0 Å². The second kappa shape index (κ2) is 19.5. The quantitative estimate of drug-likeness (QED) is 0.182. The average molecular weight is 371 g/mol. The minimum Gasteiger partial charge on any atom is -0.0860 e. The zero-order valence-electron chi connectivity index (χ0n) is 19.3. The molecule has 24 radical (unpaired) electrons. The maximum atomic E-state index is 6.35. The van der Waals surface area contributed by atoms with Gasteiger partial charge in [-0.1, -0.05) is 68.4 Å². The zero-order chi connectivity index (χ0) is 23.6. The SMILES string of the molecule is [B][B][B]CC(C[B][B][B])(C[B][B][B])CB(CC(C[B][B][B])(C[B][B][B])CCC)B([B])[B]. The summed E-state index contributed by atoms with van der Waals surface area (Å²) < 4.78 is 0. The highest BCUT2D eigenvalue weighted by atomic mass is 14.3. The van der Waals surface area contributed by atoms with E-state index in [1.54, 1.807) is 35.3 Å². The third-order valence-corrected chi connectivity index (χ3v) is 6.15. The summed E-state index contributed by atoms with van der Waals surface area (Å²) in [6.45, 7) is 2.28. The van der Waals surface area contributed by atoms with Crippen LogP contribution in [0.3, 0.4) is 0 Å². The summed E-state index contributed by atoms with van der Waals surface area (Å²) in [7, 11) is 59.1. The Hall–Kier alpha value is 1.23. The van der Waals surface area contributed by atoms with Crippen LogP contribution in [0.15, 0.2) is 0 Å². The van der Waals surface area contributed by atoms with E-state index in [4.69, 9.17) is 54.2 Å². The Morgan fingerprint density at radius 2 is 0.903 bits per heavy atom. The minimum atomic E-state index is -0.454. The zero-order valence-corrected chi connectivity index (χ0v) is 19.3. The molecule has 0 spiro atoms. The van der Waals surface area contributed by atoms with Crippen molar-refractivity contribution in [2.24, 2.45) is 10.8 Å². The fourth-order valence-electron chi connectivity index (χ4n) is 4.63. The molecule has 0 aromatic carbocycles. The second-order valence-electron chi connectivity index (χ2n) is 8.66. The van der Waals surface area contributed by atoms with Gasteiger partial charge in [-0.2, -0.15) is 0 Å². The molecule has 0 fully saturated rings. The van der Waals surface area contributed by atoms with Gasteiger partial charge in [-0.15, -0.1) is 0 Å². The van der Waals surface area contributed by atoms with Crippen molar-refractivity contribution in [3.05, 3.63) is 0 Å². The standard InChI is InChI=1S/C12H21B19/c1-2-3-11(4-20-25-13,5-21-26-14)9-30(31(18)19)10-12(6-22-27-15,7-23-28-16)8-24-29-17/h2-10H2,1H3. The van der Waals surface area contributed by atoms with Crippen molar-refractivity contribution < 1.29 is 0 Å². The van der Waals surface area contributed by atoms with Gasteiger partial charge >= 0.3 is 0 Å². The molecule has 0 aromatic rings. The van der Waals surface area contributed by atoms with Crippen LogP contribution in [0.25, 0.3) is 0 Å². The molecular weight excluding hydrogens is 350 g/mol. The molecule has 126 valence electrons. The van der Waals surface area contributed by atoms with E-state index in [1.165, 1.54) is 0 Å². The van der Waals surface area contributed by atoms with Crippen LogP contribution in [-0.2, 0) is 0 Å². The number of rotatable bonds is 22. The summed E-state index contributed by atoms with van der Waals surface area (Å²) in [6, 6.07) is 0. The average Bonchev–Trinajstić information content (AvgIpc) is 2.76. The van der Waals surface area contributed by atoms with Gasteiger partial charge in [0.05, 0.1) is 42.5 Å². The Morgan fingerprint density at radius 1 is 0.581 bits per heavy atom. The van der Waals surface area contributed by atoms with Crippen LogP contribution in [0.4, 0.5) is 0 Å². The van der Waals surface area contributed by atoms with Crippen molar-refractivity contribution in [3.63, 3.8) is 0 Å². The van der Waals surface area contributed by atoms with Crippen LogP contribution < -0.4 is 0 Å². The van der Waals surface area contributed by atoms with E-state index < -0.39 is 6.39 Å². The molecule has 0 N–H and O–H groups in total. The van der Waals surface area contributed by atoms with Crippen molar-refractivity contribution in [2.75, 3.05) is 0 Å². The second-order valence-corrected chi connectivity index (χ2v) is 8.66. The van der Waals surface area contributed by atoms with Crippen molar-refractivity contribution >= 4 is 138 Å². The lowest BCUT2D eigenvalue weighted by atomic mass is 8.89. The summed E-state index contributed by atoms with van der Waals surface area (Å²) in [5.41, 5.74) is -0.139. The molecule has 0 aliphatic heterocycles. The van der Waals surface area contributed by atoms with Gasteiger partial charge in [0, 0.05) is 95.9 Å². The van der Waals surface area contributed by atoms with Crippen LogP contribution in [0.5, 0.6) is 0 Å². The van der Waals surface area contributed by atoms with Gasteiger partial charge in [0.25, 0.3) is 0 Å². The van der Waals surface area contributed by atoms with E-state index in [0.717, 1.165) is 57.1 Å². The van der Waals surface area contributed by atoms with Gasteiger partial charge in [-0.25, -0.2) is 0 Å². The molecule has 0 saturated carbocycles. The summed E-state index contributed by atoms with van der Waals surface area (Å²) in [4.78, 5) is 0. The predicted molar refractivity (Wildman–Crippen MR) is 163 cm³/mol. The summed E-state index contributed by atoms with van der Waals surface area (Å²) >= 11 is 0. The fourth-order valence-corrected chi connectivity index (χ4v) is 4.63. The van der Waals surface area contributed by atoms with Crippen LogP contribution in [0.2, 0.25) is 44.2 Å². The van der Waals surface area contributed by atoms with Crippen molar-refractivity contribution in [2.45, 2.75) is 64.0 Å². The highest BCUT2D eigenvalue weighted by molar-refractivity contribution is 7.58. The Kier molecular flexibility index (Phi) is 20.3. The molecule has 0 heterocycles. The van der Waals surface area contributed by atoms with E-state index in [-0.39, 0.29) is 17.4 Å². The van der Waals surface area contributed by atoms with E-state index in [9.17, 15) is 0 Å². The lowest BCUT2D eigenvalue weighted by molar-refractivity contribution is 0.367. The topological polar surface area (TPSA) is 0 Å². The fraction of sp³-hybridized carbons (Fsp3) is 1.00. The number of hydrogen-bond donors (Lipinski definition) is 0. The lowest BCUT2D eigenvalue weighted by Crippen LogP contribution is -2.47. The molecule has 0 atom stereocenters. The number of hydrogen-bond acceptors (Lipinski definition) is 0. The predicted octanol–water partition coefficient (Wildman–Crippen LogP) is -2.72. The summed E-state index contributed by atoms with van der Waals surface area (Å²) in [5.74, 6) is 0. The van der Waals surface area contributed by atoms with Crippen LogP contribution >= 0.6 is 0 Å². The normalized spacial score (nSPS) is 10.9. The van der Waals surface area contributed by atoms with E-state index in [1.807, 2.05) is 35.9 Å². The molecule has 0 aliphatic carbocycles. The maximum absolute atomic E-state index is 6.35. The van der Waals surface area contributed by atoms with Crippen molar-refractivity contribution in [3.8, 4) is 0 Å². The Morgan fingerprint density at radius 3 is 1.19 bits per heavy atom. The third kappa shape index (κ3) is 13.6. The van der Waals surface area contributed by atoms with E-state index >= 15 is 0 Å². The first-order chi connectivity index (χ1) is 14.9. The first kappa shape index (κ1) is 32.2. The molecule has 0 unspecified atom stereocenters. The van der Waals surface area contributed by atoms with Crippen LogP contribution in [0.1, 0.15) is 19.8 Å². The van der Waals surface area contributed by atoms with Gasteiger partial charge in [0.1, 0.15) is 0 Å². The van der Waals surface area contributed by atoms with Gasteiger partial charge in [0.15, 0.2) is 0 Å². The largest absolute Gasteiger partial charge is 0.0916 e. The first-order valence-electron chi connectivity index (χ1n) is 11.2. The van der Waals surface area contributed by atoms with Crippen molar-refractivity contribution in [1.82, 2.24) is 0 Å². The van der Waals surface area contributed by atoms with E-state index in [0.29, 0.717) is 0 Å². The molecule has 0 amide bonds. The molecule has 0 rings (SSSR count). The maximum Gasteiger partial charge on any atom is 0.0916 e. The molecular formula is C12H21B19. The van der Waals surface area contributed by atoms with Gasteiger partial charge < -0.3 is 0 Å². The van der Waals surface area contributed by atoms with E-state index in [2.05, 4.69) is 6.92 Å². The lowest BCUT2D eigenvalue weighted by Gasteiger charge is -2.43. The highest BCUT2D eigenvalue weighted by Crippen LogP contribution is 2.44. The summed E-state index contributed by atoms with van der Waals surface area (Å²) in [5, 5.41) is 0. The van der Waals surface area contributed by atoms with Gasteiger partial charge in [-0.3, -0.25) is 0 Å². The monoisotopic (exact) mass is 374 g/mol. The molecule has 0 aromatic heterocycles. The molecule has 0 nitrogen and oxygen atoms in total. The Labute approximate surface area is 212 Å². The third-order valence-electron chi connectivity index (χ3n) is 6.15. The molecule has 19 heteroatoms. The molecule has 0 bridgehead atoms. The van der Waals surface area contributed by atoms with Crippen LogP contribution in [-0.4, -0.2) is 138 Å². The highest BCUT2D eigenvalue weighted by Gasteiger charge is 2.38. The smallest absolute Gasteiger partial charge is 0.0860 e. The van der Waals surface area contributed by atoms with Crippen LogP contribution in [0, 0.1) is 10.8 Å². The minimum absolute atomic E-state index is 0.00892. The molecule has 0 aliphatic rings. The summed E-state index contributed by atoms with van der Waals surface area (Å²) in [6.07, 6.45) is 7.40. The Balaban J connectivity index is 5.82. The molecule has 31 heavy (non-hydrogen) atoms.